The number of imidazole rings is 1. The lowest BCUT2D eigenvalue weighted by Gasteiger charge is -2.21. The zero-order chi connectivity index (χ0) is 21.6. The zero-order valence-electron chi connectivity index (χ0n) is 16.0. The molecular formula is C17H17N7O4S3. The molecular weight excluding hydrogens is 462 g/mol. The molecule has 1 aliphatic heterocycles. The molecule has 0 saturated carbocycles. The lowest BCUT2D eigenvalue weighted by atomic mass is 9.99. The van der Waals surface area contributed by atoms with Crippen molar-refractivity contribution in [1.29, 1.82) is 0 Å². The van der Waals surface area contributed by atoms with Crippen LogP contribution in [-0.4, -0.2) is 45.5 Å². The molecule has 0 fully saturated rings. The number of allylic oxidation sites excluding steroid dienone is 3. The maximum Gasteiger partial charge on any atom is 0.230 e. The summed E-state index contributed by atoms with van der Waals surface area (Å²) in [6.45, 7) is 0.263. The van der Waals surface area contributed by atoms with Gasteiger partial charge in [-0.15, -0.1) is 11.3 Å². The molecule has 5 rings (SSSR count). The highest BCUT2D eigenvalue weighted by Gasteiger charge is 2.33. The second-order valence-corrected chi connectivity index (χ2v) is 10.5. The topological polar surface area (TPSA) is 161 Å². The first kappa shape index (κ1) is 20.2. The van der Waals surface area contributed by atoms with Gasteiger partial charge in [-0.2, -0.15) is 0 Å². The van der Waals surface area contributed by atoms with Gasteiger partial charge >= 0.3 is 0 Å². The summed E-state index contributed by atoms with van der Waals surface area (Å²) < 4.78 is 36.0. The van der Waals surface area contributed by atoms with Crippen LogP contribution in [0.4, 0.5) is 5.82 Å². The minimum atomic E-state index is -3.69. The number of primary sulfonamides is 1. The molecule has 162 valence electrons. The van der Waals surface area contributed by atoms with Crippen LogP contribution >= 0.6 is 23.1 Å². The van der Waals surface area contributed by atoms with Gasteiger partial charge in [0.05, 0.1) is 5.75 Å². The Labute approximate surface area is 185 Å². The summed E-state index contributed by atoms with van der Waals surface area (Å²) in [5.41, 5.74) is 6.83. The first-order valence-corrected chi connectivity index (χ1v) is 12.5. The van der Waals surface area contributed by atoms with E-state index >= 15 is 0 Å². The van der Waals surface area contributed by atoms with Crippen LogP contribution in [0.3, 0.4) is 0 Å². The van der Waals surface area contributed by atoms with Crippen molar-refractivity contribution in [1.82, 2.24) is 24.5 Å². The van der Waals surface area contributed by atoms with E-state index in [1.54, 1.807) is 22.1 Å². The first-order chi connectivity index (χ1) is 14.9. The Morgan fingerprint density at radius 1 is 1.29 bits per heavy atom. The fourth-order valence-corrected chi connectivity index (χ4v) is 5.77. The molecule has 1 atom stereocenters. The third-order valence-electron chi connectivity index (χ3n) is 4.81. The van der Waals surface area contributed by atoms with Gasteiger partial charge in [-0.25, -0.2) is 33.5 Å². The van der Waals surface area contributed by atoms with Crippen molar-refractivity contribution >= 4 is 50.1 Å². The lowest BCUT2D eigenvalue weighted by molar-refractivity contribution is 0.0725. The van der Waals surface area contributed by atoms with Gasteiger partial charge in [-0.1, -0.05) is 11.8 Å². The number of ether oxygens (including phenoxy) is 2. The number of sulfonamides is 1. The Bertz CT molecular complexity index is 1310. The Morgan fingerprint density at radius 3 is 2.94 bits per heavy atom. The number of nitrogen functional groups attached to an aromatic ring is 1. The van der Waals surface area contributed by atoms with Crippen molar-refractivity contribution in [3.05, 3.63) is 45.4 Å². The summed E-state index contributed by atoms with van der Waals surface area (Å²) >= 11 is 2.94. The van der Waals surface area contributed by atoms with Crippen molar-refractivity contribution in [2.45, 2.75) is 24.0 Å². The van der Waals surface area contributed by atoms with Crippen molar-refractivity contribution in [2.24, 2.45) is 5.14 Å². The highest BCUT2D eigenvalue weighted by Crippen LogP contribution is 2.47. The van der Waals surface area contributed by atoms with E-state index in [-0.39, 0.29) is 30.8 Å². The fraction of sp³-hybridized carbons (Fsp3) is 0.294. The molecule has 2 aliphatic rings. The van der Waals surface area contributed by atoms with Gasteiger partial charge in [-0.05, 0) is 6.08 Å². The number of thioether (sulfide) groups is 1. The molecule has 4 heterocycles. The van der Waals surface area contributed by atoms with Gasteiger partial charge < -0.3 is 19.8 Å². The van der Waals surface area contributed by atoms with Crippen LogP contribution in [0, 0.1) is 0 Å². The van der Waals surface area contributed by atoms with Crippen LogP contribution in [-0.2, 0) is 26.0 Å². The molecule has 4 N–H and O–H groups in total. The number of rotatable bonds is 6. The Hall–Kier alpha value is -2.68. The molecule has 1 unspecified atom stereocenters. The van der Waals surface area contributed by atoms with Crippen molar-refractivity contribution < 1.29 is 17.9 Å². The van der Waals surface area contributed by atoms with Gasteiger partial charge in [-0.3, -0.25) is 0 Å². The van der Waals surface area contributed by atoms with Gasteiger partial charge in [0.15, 0.2) is 27.9 Å². The summed E-state index contributed by atoms with van der Waals surface area (Å²) in [5.74, 6) is 1.38. The standard InChI is InChI=1S/C17H17N7O4S3/c18-14-13-15(22-7-21-14)24(2-4-31(19,25)26)17(23-13)30-12-6-11-10(27-8-28-11)5-9(12)16-20-1-3-29-16/h1,3,6-7,9H,2,4-5,8H2,(H2,18,21,22)(H2,19,25,26). The number of nitrogens with zero attached hydrogens (tertiary/aromatic N) is 5. The van der Waals surface area contributed by atoms with Gasteiger partial charge in [0, 0.05) is 35.4 Å². The molecule has 0 bridgehead atoms. The van der Waals surface area contributed by atoms with Crippen LogP contribution in [0.25, 0.3) is 11.2 Å². The minimum absolute atomic E-state index is 0.0413. The molecule has 0 spiro atoms. The quantitative estimate of drug-likeness (QED) is 0.530. The Morgan fingerprint density at radius 2 is 2.16 bits per heavy atom. The summed E-state index contributed by atoms with van der Waals surface area (Å²) in [5, 5.41) is 8.61. The Kier molecular flexibility index (Phi) is 5.08. The van der Waals surface area contributed by atoms with E-state index in [4.69, 9.17) is 20.3 Å². The van der Waals surface area contributed by atoms with Crippen molar-refractivity contribution in [2.75, 3.05) is 18.3 Å². The number of aryl methyl sites for hydroxylation is 1. The summed E-state index contributed by atoms with van der Waals surface area (Å²) in [7, 11) is -3.69. The van der Waals surface area contributed by atoms with Crippen LogP contribution in [0.15, 0.2) is 45.6 Å². The Balaban J connectivity index is 1.57. The highest BCUT2D eigenvalue weighted by atomic mass is 32.2. The van der Waals surface area contributed by atoms with Gasteiger partial charge in [0.25, 0.3) is 0 Å². The molecule has 1 aliphatic carbocycles. The van der Waals surface area contributed by atoms with Crippen LogP contribution in [0.2, 0.25) is 0 Å². The maximum absolute atomic E-state index is 11.6. The van der Waals surface area contributed by atoms with E-state index in [1.807, 2.05) is 11.5 Å². The first-order valence-electron chi connectivity index (χ1n) is 9.14. The smallest absolute Gasteiger partial charge is 0.230 e. The summed E-state index contributed by atoms with van der Waals surface area (Å²) in [6.07, 6.45) is 5.61. The second kappa shape index (κ2) is 7.78. The van der Waals surface area contributed by atoms with Gasteiger partial charge in [0.1, 0.15) is 17.1 Å². The van der Waals surface area contributed by atoms with E-state index in [0.717, 1.165) is 15.7 Å². The van der Waals surface area contributed by atoms with E-state index in [2.05, 4.69) is 19.9 Å². The molecule has 3 aromatic heterocycles. The van der Waals surface area contributed by atoms with Crippen LogP contribution < -0.4 is 10.9 Å². The van der Waals surface area contributed by atoms with E-state index in [9.17, 15) is 8.42 Å². The number of nitrogens with two attached hydrogens (primary N) is 2. The number of hydrogen-bond acceptors (Lipinski definition) is 11. The minimum Gasteiger partial charge on any atom is -0.458 e. The highest BCUT2D eigenvalue weighted by molar-refractivity contribution is 8.03. The molecule has 0 saturated heterocycles. The van der Waals surface area contributed by atoms with E-state index in [0.29, 0.717) is 28.5 Å². The summed E-state index contributed by atoms with van der Waals surface area (Å²) in [4.78, 5) is 18.3. The number of hydrogen-bond donors (Lipinski definition) is 2. The third kappa shape index (κ3) is 3.98. The molecule has 14 heteroatoms. The summed E-state index contributed by atoms with van der Waals surface area (Å²) in [6, 6.07) is 0. The van der Waals surface area contributed by atoms with Crippen molar-refractivity contribution in [3.8, 4) is 0 Å². The average molecular weight is 480 g/mol. The molecule has 0 amide bonds. The molecule has 0 radical (unpaired) electrons. The third-order valence-corrected chi connectivity index (χ3v) is 7.59. The number of anilines is 1. The lowest BCUT2D eigenvalue weighted by Crippen LogP contribution is -2.21. The maximum atomic E-state index is 11.6. The van der Waals surface area contributed by atoms with E-state index in [1.165, 1.54) is 18.1 Å². The number of fused-ring (bicyclic) bond motifs is 1. The van der Waals surface area contributed by atoms with Gasteiger partial charge in [0.2, 0.25) is 16.8 Å². The molecule has 3 aromatic rings. The predicted octanol–water partition coefficient (Wildman–Crippen LogP) is 1.53. The zero-order valence-corrected chi connectivity index (χ0v) is 18.4. The number of aromatic nitrogens is 5. The van der Waals surface area contributed by atoms with Crippen molar-refractivity contribution in [3.63, 3.8) is 0 Å². The normalized spacial score (nSPS) is 18.6. The fourth-order valence-electron chi connectivity index (χ4n) is 3.37. The van der Waals surface area contributed by atoms with E-state index < -0.39 is 10.0 Å². The molecule has 0 aromatic carbocycles. The number of thiazole rings is 1. The second-order valence-electron chi connectivity index (χ2n) is 6.81. The molecule has 31 heavy (non-hydrogen) atoms. The largest absolute Gasteiger partial charge is 0.458 e. The predicted molar refractivity (Wildman–Crippen MR) is 115 cm³/mol. The van der Waals surface area contributed by atoms with Crippen LogP contribution in [0.5, 0.6) is 0 Å². The van der Waals surface area contributed by atoms with Crippen LogP contribution in [0.1, 0.15) is 17.3 Å². The average Bonchev–Trinajstić information content (AvgIpc) is 3.45. The molecule has 11 nitrogen and oxygen atoms in total. The SMILES string of the molecule is Nc1ncnc2c1nc(SC1=CC3=C(CC1c1nccs1)OCO3)n2CCS(N)(=O)=O. The monoisotopic (exact) mass is 479 g/mol.